The summed E-state index contributed by atoms with van der Waals surface area (Å²) in [6, 6.07) is 7.05. The van der Waals surface area contributed by atoms with E-state index in [-0.39, 0.29) is 11.6 Å². The molecule has 1 aromatic heterocycles. The molecule has 1 aromatic carbocycles. The fourth-order valence-corrected chi connectivity index (χ4v) is 1.41. The quantitative estimate of drug-likeness (QED) is 0.723. The minimum Gasteiger partial charge on any atom is -0.291 e. The maximum absolute atomic E-state index is 11.2. The van der Waals surface area contributed by atoms with Gasteiger partial charge in [-0.3, -0.25) is 4.79 Å². The van der Waals surface area contributed by atoms with E-state index in [1.165, 1.54) is 11.6 Å². The molecule has 0 radical (unpaired) electrons. The molecule has 2 aromatic rings. The lowest BCUT2D eigenvalue weighted by Gasteiger charge is -2.03. The first-order valence-corrected chi connectivity index (χ1v) is 4.62. The molecule has 5 nitrogen and oxygen atoms in total. The van der Waals surface area contributed by atoms with E-state index in [0.29, 0.717) is 10.7 Å². The number of benzene rings is 1. The zero-order valence-corrected chi connectivity index (χ0v) is 8.64. The standard InChI is InChI=1S/C9H7ClN4O/c1-6(15)9-11-12-13-14(9)8-5-3-2-4-7(8)10/h2-5H,1H3. The minimum absolute atomic E-state index is 0.170. The second kappa shape index (κ2) is 3.78. The van der Waals surface area contributed by atoms with E-state index in [1.807, 2.05) is 0 Å². The van der Waals surface area contributed by atoms with Crippen LogP contribution in [0.5, 0.6) is 0 Å². The maximum atomic E-state index is 11.2. The number of halogens is 1. The van der Waals surface area contributed by atoms with Gasteiger partial charge in [0.1, 0.15) is 0 Å². The number of nitrogens with zero attached hydrogens (tertiary/aromatic N) is 4. The Morgan fingerprint density at radius 2 is 2.13 bits per heavy atom. The monoisotopic (exact) mass is 222 g/mol. The van der Waals surface area contributed by atoms with Crippen LogP contribution in [0.25, 0.3) is 5.69 Å². The first kappa shape index (κ1) is 9.79. The lowest BCUT2D eigenvalue weighted by molar-refractivity contribution is 0.100. The van der Waals surface area contributed by atoms with Gasteiger partial charge in [0.25, 0.3) is 0 Å². The van der Waals surface area contributed by atoms with Gasteiger partial charge in [0.15, 0.2) is 5.78 Å². The average molecular weight is 223 g/mol. The van der Waals surface area contributed by atoms with E-state index in [9.17, 15) is 4.79 Å². The third-order valence-corrected chi connectivity index (χ3v) is 2.18. The van der Waals surface area contributed by atoms with Crippen molar-refractivity contribution < 1.29 is 4.79 Å². The topological polar surface area (TPSA) is 60.7 Å². The van der Waals surface area contributed by atoms with Gasteiger partial charge in [-0.1, -0.05) is 23.7 Å². The smallest absolute Gasteiger partial charge is 0.222 e. The summed E-state index contributed by atoms with van der Waals surface area (Å²) in [5.74, 6) is -0.0389. The van der Waals surface area contributed by atoms with Crippen LogP contribution in [-0.4, -0.2) is 26.0 Å². The van der Waals surface area contributed by atoms with Crippen LogP contribution in [0.1, 0.15) is 17.5 Å². The SMILES string of the molecule is CC(=O)c1nnnn1-c1ccccc1Cl. The highest BCUT2D eigenvalue weighted by molar-refractivity contribution is 6.32. The summed E-state index contributed by atoms with van der Waals surface area (Å²) < 4.78 is 1.32. The molecular formula is C9H7ClN4O. The highest BCUT2D eigenvalue weighted by atomic mass is 35.5. The minimum atomic E-state index is -0.208. The molecule has 1 heterocycles. The average Bonchev–Trinajstić information content (AvgIpc) is 2.67. The molecule has 0 aliphatic carbocycles. The van der Waals surface area contributed by atoms with Crippen molar-refractivity contribution in [3.63, 3.8) is 0 Å². The van der Waals surface area contributed by atoms with Gasteiger partial charge in [-0.25, -0.2) is 0 Å². The van der Waals surface area contributed by atoms with Crippen LogP contribution in [0.2, 0.25) is 5.02 Å². The number of hydrogen-bond acceptors (Lipinski definition) is 4. The number of rotatable bonds is 2. The van der Waals surface area contributed by atoms with Crippen molar-refractivity contribution in [3.8, 4) is 5.69 Å². The van der Waals surface area contributed by atoms with E-state index in [0.717, 1.165) is 0 Å². The van der Waals surface area contributed by atoms with Crippen LogP contribution in [0.4, 0.5) is 0 Å². The molecule has 0 aliphatic rings. The third-order valence-electron chi connectivity index (χ3n) is 1.87. The summed E-state index contributed by atoms with van der Waals surface area (Å²) in [5, 5.41) is 11.3. The molecule has 0 aliphatic heterocycles. The van der Waals surface area contributed by atoms with Gasteiger partial charge in [0.2, 0.25) is 5.82 Å². The van der Waals surface area contributed by atoms with Crippen LogP contribution in [0, 0.1) is 0 Å². The Kier molecular flexibility index (Phi) is 2.47. The van der Waals surface area contributed by atoms with E-state index >= 15 is 0 Å². The van der Waals surface area contributed by atoms with E-state index in [1.54, 1.807) is 24.3 Å². The Labute approximate surface area is 90.7 Å². The molecule has 0 fully saturated rings. The van der Waals surface area contributed by atoms with Gasteiger partial charge < -0.3 is 0 Å². The van der Waals surface area contributed by atoms with Crippen LogP contribution >= 0.6 is 11.6 Å². The molecule has 2 rings (SSSR count). The highest BCUT2D eigenvalue weighted by Gasteiger charge is 2.13. The Bertz CT molecular complexity index is 508. The lowest BCUT2D eigenvalue weighted by Crippen LogP contribution is -2.07. The highest BCUT2D eigenvalue weighted by Crippen LogP contribution is 2.19. The Hall–Kier alpha value is -1.75. The molecule has 0 unspecified atom stereocenters. The van der Waals surface area contributed by atoms with Crippen molar-refractivity contribution in [2.45, 2.75) is 6.92 Å². The second-order valence-corrected chi connectivity index (χ2v) is 3.33. The Morgan fingerprint density at radius 3 is 2.80 bits per heavy atom. The van der Waals surface area contributed by atoms with Gasteiger partial charge in [0, 0.05) is 6.92 Å². The fourth-order valence-electron chi connectivity index (χ4n) is 1.19. The molecule has 6 heteroatoms. The van der Waals surface area contributed by atoms with Crippen molar-refractivity contribution in [1.29, 1.82) is 0 Å². The molecule has 0 spiro atoms. The van der Waals surface area contributed by atoms with Gasteiger partial charge in [-0.15, -0.1) is 5.10 Å². The van der Waals surface area contributed by atoms with Crippen molar-refractivity contribution in [2.75, 3.05) is 0 Å². The Balaban J connectivity index is 2.59. The molecule has 0 bridgehead atoms. The molecule has 76 valence electrons. The zero-order chi connectivity index (χ0) is 10.8. The molecule has 0 atom stereocenters. The van der Waals surface area contributed by atoms with E-state index < -0.39 is 0 Å². The molecule has 0 amide bonds. The number of para-hydroxylation sites is 1. The number of ketones is 1. The maximum Gasteiger partial charge on any atom is 0.222 e. The number of carbonyl (C=O) groups excluding carboxylic acids is 1. The lowest BCUT2D eigenvalue weighted by atomic mass is 10.3. The summed E-state index contributed by atoms with van der Waals surface area (Å²) in [6.45, 7) is 1.40. The van der Waals surface area contributed by atoms with Crippen LogP contribution < -0.4 is 0 Å². The van der Waals surface area contributed by atoms with E-state index in [4.69, 9.17) is 11.6 Å². The molecular weight excluding hydrogens is 216 g/mol. The summed E-state index contributed by atoms with van der Waals surface area (Å²) in [5.41, 5.74) is 0.592. The molecule has 0 saturated carbocycles. The van der Waals surface area contributed by atoms with Crippen molar-refractivity contribution in [1.82, 2.24) is 20.2 Å². The van der Waals surface area contributed by atoms with Gasteiger partial charge >= 0.3 is 0 Å². The Morgan fingerprint density at radius 1 is 1.40 bits per heavy atom. The van der Waals surface area contributed by atoms with Crippen molar-refractivity contribution in [3.05, 3.63) is 35.1 Å². The van der Waals surface area contributed by atoms with Crippen LogP contribution in [-0.2, 0) is 0 Å². The summed E-state index contributed by atoms with van der Waals surface area (Å²) in [4.78, 5) is 11.2. The van der Waals surface area contributed by atoms with Crippen LogP contribution in [0.3, 0.4) is 0 Å². The third kappa shape index (κ3) is 1.73. The normalized spacial score (nSPS) is 10.3. The number of aromatic nitrogens is 4. The molecule has 15 heavy (non-hydrogen) atoms. The number of tetrazole rings is 1. The molecule has 0 saturated heterocycles. The number of Topliss-reactive ketones (excluding diaryl/α,β-unsaturated/α-hetero) is 1. The van der Waals surface area contributed by atoms with Crippen molar-refractivity contribution >= 4 is 17.4 Å². The summed E-state index contributed by atoms with van der Waals surface area (Å²) in [6.07, 6.45) is 0. The van der Waals surface area contributed by atoms with Crippen LogP contribution in [0.15, 0.2) is 24.3 Å². The summed E-state index contributed by atoms with van der Waals surface area (Å²) >= 11 is 5.96. The predicted molar refractivity (Wildman–Crippen MR) is 54.2 cm³/mol. The number of hydrogen-bond donors (Lipinski definition) is 0. The first-order valence-electron chi connectivity index (χ1n) is 4.24. The van der Waals surface area contributed by atoms with Gasteiger partial charge in [-0.05, 0) is 22.6 Å². The van der Waals surface area contributed by atoms with E-state index in [2.05, 4.69) is 15.5 Å². The summed E-state index contributed by atoms with van der Waals surface area (Å²) in [7, 11) is 0. The van der Waals surface area contributed by atoms with Crippen molar-refractivity contribution in [2.24, 2.45) is 0 Å². The number of carbonyl (C=O) groups is 1. The first-order chi connectivity index (χ1) is 7.20. The zero-order valence-electron chi connectivity index (χ0n) is 7.88. The van der Waals surface area contributed by atoms with Gasteiger partial charge in [0.05, 0.1) is 10.7 Å². The second-order valence-electron chi connectivity index (χ2n) is 2.92. The molecule has 0 N–H and O–H groups in total. The fraction of sp³-hybridized carbons (Fsp3) is 0.111. The predicted octanol–water partition coefficient (Wildman–Crippen LogP) is 1.52. The van der Waals surface area contributed by atoms with Gasteiger partial charge in [-0.2, -0.15) is 4.68 Å². The largest absolute Gasteiger partial charge is 0.291 e.